The van der Waals surface area contributed by atoms with E-state index in [4.69, 9.17) is 5.73 Å². The first-order chi connectivity index (χ1) is 10.5. The van der Waals surface area contributed by atoms with E-state index >= 15 is 0 Å². The molecule has 1 aromatic heterocycles. The Hall–Kier alpha value is -2.21. The third-order valence-corrected chi connectivity index (χ3v) is 4.14. The van der Waals surface area contributed by atoms with E-state index in [1.807, 2.05) is 19.0 Å². The van der Waals surface area contributed by atoms with Gasteiger partial charge in [0.25, 0.3) is 0 Å². The van der Waals surface area contributed by atoms with Crippen LogP contribution in [0.1, 0.15) is 29.9 Å². The van der Waals surface area contributed by atoms with Gasteiger partial charge in [0.1, 0.15) is 0 Å². The lowest BCUT2D eigenvalue weighted by atomic mass is 9.99. The molecule has 0 saturated heterocycles. The molecule has 3 rings (SSSR count). The lowest BCUT2D eigenvalue weighted by molar-refractivity contribution is 0.185. The number of nitrogens with zero attached hydrogens (tertiary/aromatic N) is 5. The molecule has 1 unspecified atom stereocenters. The summed E-state index contributed by atoms with van der Waals surface area (Å²) in [5.41, 5.74) is 8.66. The normalized spacial score (nSPS) is 16.1. The third kappa shape index (κ3) is 2.87. The maximum absolute atomic E-state index is 5.83. The van der Waals surface area contributed by atoms with Crippen molar-refractivity contribution in [1.82, 2.24) is 19.9 Å². The Bertz CT molecular complexity index is 669. The van der Waals surface area contributed by atoms with Crippen molar-refractivity contribution < 1.29 is 0 Å². The van der Waals surface area contributed by atoms with Crippen molar-refractivity contribution >= 4 is 11.9 Å². The summed E-state index contributed by atoms with van der Waals surface area (Å²) in [7, 11) is 3.81. The number of nitrogens with two attached hydrogens (primary N) is 1. The van der Waals surface area contributed by atoms with Crippen LogP contribution in [-0.4, -0.2) is 40.5 Å². The highest BCUT2D eigenvalue weighted by molar-refractivity contribution is 5.33. The fraction of sp³-hybridized carbons (Fsp3) is 0.438. The minimum absolute atomic E-state index is 0.109. The molecule has 0 aliphatic carbocycles. The largest absolute Gasteiger partial charge is 0.368 e. The molecule has 2 N–H and O–H groups in total. The summed E-state index contributed by atoms with van der Waals surface area (Å²) in [5, 5.41) is 0. The Morgan fingerprint density at radius 3 is 2.59 bits per heavy atom. The van der Waals surface area contributed by atoms with Crippen LogP contribution in [0.15, 0.2) is 24.3 Å². The number of fused-ring (bicyclic) bond motifs is 1. The highest BCUT2D eigenvalue weighted by Crippen LogP contribution is 2.26. The zero-order valence-corrected chi connectivity index (χ0v) is 13.3. The van der Waals surface area contributed by atoms with Crippen LogP contribution in [0.25, 0.3) is 0 Å². The summed E-state index contributed by atoms with van der Waals surface area (Å²) in [4.78, 5) is 17.3. The van der Waals surface area contributed by atoms with Crippen LogP contribution in [0, 0.1) is 0 Å². The van der Waals surface area contributed by atoms with E-state index in [2.05, 4.69) is 51.0 Å². The van der Waals surface area contributed by atoms with Crippen molar-refractivity contribution in [1.29, 1.82) is 0 Å². The molecule has 116 valence electrons. The summed E-state index contributed by atoms with van der Waals surface area (Å²) >= 11 is 0. The lowest BCUT2D eigenvalue weighted by Crippen LogP contribution is -2.34. The second-order valence-electron chi connectivity index (χ2n) is 5.91. The van der Waals surface area contributed by atoms with E-state index < -0.39 is 0 Å². The smallest absolute Gasteiger partial charge is 0.229 e. The second kappa shape index (κ2) is 5.88. The highest BCUT2D eigenvalue weighted by Gasteiger charge is 2.24. The van der Waals surface area contributed by atoms with Gasteiger partial charge in [-0.05, 0) is 24.5 Å². The molecule has 0 amide bonds. The van der Waals surface area contributed by atoms with Crippen molar-refractivity contribution in [3.63, 3.8) is 0 Å². The van der Waals surface area contributed by atoms with Gasteiger partial charge in [-0.15, -0.1) is 0 Å². The zero-order valence-electron chi connectivity index (χ0n) is 13.3. The minimum atomic E-state index is 0.109. The summed E-state index contributed by atoms with van der Waals surface area (Å²) in [6.07, 6.45) is 1.06. The number of rotatable bonds is 3. The molecule has 1 atom stereocenters. The van der Waals surface area contributed by atoms with Gasteiger partial charge in [0.05, 0.1) is 6.04 Å². The molecule has 2 aromatic rings. The van der Waals surface area contributed by atoms with Crippen molar-refractivity contribution in [3.8, 4) is 0 Å². The van der Waals surface area contributed by atoms with Crippen molar-refractivity contribution in [2.24, 2.45) is 0 Å². The summed E-state index contributed by atoms with van der Waals surface area (Å²) in [6.45, 7) is 4.05. The van der Waals surface area contributed by atoms with E-state index in [0.29, 0.717) is 5.95 Å². The summed E-state index contributed by atoms with van der Waals surface area (Å²) in [5.74, 6) is 1.61. The monoisotopic (exact) mass is 298 g/mol. The lowest BCUT2D eigenvalue weighted by Gasteiger charge is -2.33. The van der Waals surface area contributed by atoms with Crippen molar-refractivity contribution in [2.45, 2.75) is 25.9 Å². The summed E-state index contributed by atoms with van der Waals surface area (Å²) in [6, 6.07) is 8.72. The van der Waals surface area contributed by atoms with Gasteiger partial charge in [0.15, 0.2) is 5.82 Å². The highest BCUT2D eigenvalue weighted by atomic mass is 15.3. The van der Waals surface area contributed by atoms with E-state index in [1.165, 1.54) is 11.1 Å². The molecule has 0 bridgehead atoms. The zero-order chi connectivity index (χ0) is 15.7. The Kier molecular flexibility index (Phi) is 3.94. The molecule has 0 fully saturated rings. The van der Waals surface area contributed by atoms with Crippen LogP contribution in [0.5, 0.6) is 0 Å². The van der Waals surface area contributed by atoms with E-state index in [1.54, 1.807) is 0 Å². The number of aromatic nitrogens is 3. The van der Waals surface area contributed by atoms with Gasteiger partial charge >= 0.3 is 0 Å². The summed E-state index contributed by atoms with van der Waals surface area (Å²) < 4.78 is 0. The van der Waals surface area contributed by atoms with Crippen LogP contribution in [0.2, 0.25) is 0 Å². The van der Waals surface area contributed by atoms with E-state index in [0.717, 1.165) is 25.3 Å². The SMILES string of the molecule is CC(c1nc(N)nc(N(C)C)n1)N1CCc2ccccc2C1. The van der Waals surface area contributed by atoms with Gasteiger partial charge < -0.3 is 10.6 Å². The fourth-order valence-corrected chi connectivity index (χ4v) is 2.80. The van der Waals surface area contributed by atoms with E-state index in [9.17, 15) is 0 Å². The molecule has 1 aromatic carbocycles. The van der Waals surface area contributed by atoms with Gasteiger partial charge in [-0.25, -0.2) is 0 Å². The molecule has 0 radical (unpaired) electrons. The molecule has 0 saturated carbocycles. The van der Waals surface area contributed by atoms with Crippen LogP contribution >= 0.6 is 0 Å². The predicted octanol–water partition coefficient (Wildman–Crippen LogP) is 1.64. The van der Waals surface area contributed by atoms with Gasteiger partial charge in [-0.2, -0.15) is 15.0 Å². The Morgan fingerprint density at radius 2 is 1.86 bits per heavy atom. The average molecular weight is 298 g/mol. The second-order valence-corrected chi connectivity index (χ2v) is 5.91. The maximum Gasteiger partial charge on any atom is 0.229 e. The van der Waals surface area contributed by atoms with Gasteiger partial charge in [-0.1, -0.05) is 24.3 Å². The van der Waals surface area contributed by atoms with Crippen LogP contribution < -0.4 is 10.6 Å². The third-order valence-electron chi connectivity index (χ3n) is 4.14. The number of hydrogen-bond acceptors (Lipinski definition) is 6. The maximum atomic E-state index is 5.83. The van der Waals surface area contributed by atoms with E-state index in [-0.39, 0.29) is 12.0 Å². The molecule has 1 aliphatic heterocycles. The van der Waals surface area contributed by atoms with Crippen LogP contribution in [0.4, 0.5) is 11.9 Å². The average Bonchev–Trinajstić information content (AvgIpc) is 2.53. The van der Waals surface area contributed by atoms with Crippen LogP contribution in [-0.2, 0) is 13.0 Å². The number of anilines is 2. The molecule has 1 aliphatic rings. The molecule has 6 heteroatoms. The fourth-order valence-electron chi connectivity index (χ4n) is 2.80. The van der Waals surface area contributed by atoms with Gasteiger partial charge in [0, 0.05) is 27.2 Å². The number of benzene rings is 1. The molecule has 6 nitrogen and oxygen atoms in total. The van der Waals surface area contributed by atoms with Gasteiger partial charge in [-0.3, -0.25) is 4.90 Å². The Morgan fingerprint density at radius 1 is 1.14 bits per heavy atom. The predicted molar refractivity (Wildman–Crippen MR) is 87.5 cm³/mol. The van der Waals surface area contributed by atoms with Crippen molar-refractivity contribution in [2.75, 3.05) is 31.3 Å². The molecular weight excluding hydrogens is 276 g/mol. The molecule has 2 heterocycles. The standard InChI is InChI=1S/C16H22N6/c1-11(14-18-15(17)20-16(19-14)21(2)3)22-9-8-12-6-4-5-7-13(12)10-22/h4-7,11H,8-10H2,1-3H3,(H2,17,18,19,20). The Labute approximate surface area is 131 Å². The first-order valence-electron chi connectivity index (χ1n) is 7.54. The first-order valence-corrected chi connectivity index (χ1v) is 7.54. The Balaban J connectivity index is 1.84. The number of hydrogen-bond donors (Lipinski definition) is 1. The topological polar surface area (TPSA) is 71.2 Å². The number of nitrogen functional groups attached to an aromatic ring is 1. The minimum Gasteiger partial charge on any atom is -0.368 e. The molecule has 22 heavy (non-hydrogen) atoms. The van der Waals surface area contributed by atoms with Crippen molar-refractivity contribution in [3.05, 3.63) is 41.2 Å². The molecule has 0 spiro atoms. The van der Waals surface area contributed by atoms with Crippen LogP contribution in [0.3, 0.4) is 0 Å². The molecular formula is C16H22N6. The quantitative estimate of drug-likeness (QED) is 0.929. The van der Waals surface area contributed by atoms with Gasteiger partial charge in [0.2, 0.25) is 11.9 Å². The first kappa shape index (κ1) is 14.7.